The minimum Gasteiger partial charge on any atom is -0.482 e. The van der Waals surface area contributed by atoms with Crippen LogP contribution < -0.4 is 15.5 Å². The lowest BCUT2D eigenvalue weighted by Gasteiger charge is -2.29. The fraction of sp³-hybridized carbons (Fsp3) is 0.455. The molecule has 1 aliphatic heterocycles. The molecule has 1 aliphatic carbocycles. The number of nitrogens with two attached hydrogens (primary N) is 1. The van der Waals surface area contributed by atoms with E-state index in [0.717, 1.165) is 45.7 Å². The molecule has 160 valence electrons. The molecule has 2 aromatic rings. The van der Waals surface area contributed by atoms with Crippen molar-refractivity contribution in [2.45, 2.75) is 39.7 Å². The van der Waals surface area contributed by atoms with Crippen LogP contribution in [0, 0.1) is 5.41 Å². The predicted molar refractivity (Wildman–Crippen MR) is 117 cm³/mol. The second-order valence-corrected chi connectivity index (χ2v) is 10.1. The van der Waals surface area contributed by atoms with Gasteiger partial charge in [0.15, 0.2) is 6.61 Å². The summed E-state index contributed by atoms with van der Waals surface area (Å²) >= 11 is 1.56. The molecule has 0 atom stereocenters. The Morgan fingerprint density at radius 1 is 1.40 bits per heavy atom. The number of anilines is 1. The van der Waals surface area contributed by atoms with Crippen LogP contribution in [0.4, 0.5) is 5.69 Å². The number of carbonyl (C=O) groups is 2. The van der Waals surface area contributed by atoms with E-state index in [0.29, 0.717) is 23.5 Å². The fourth-order valence-electron chi connectivity index (χ4n) is 4.31. The van der Waals surface area contributed by atoms with Gasteiger partial charge in [-0.2, -0.15) is 0 Å². The first-order valence-electron chi connectivity index (χ1n) is 9.97. The van der Waals surface area contributed by atoms with Crippen molar-refractivity contribution in [1.82, 2.24) is 5.01 Å². The van der Waals surface area contributed by atoms with Crippen LogP contribution in [0.1, 0.15) is 46.6 Å². The number of carboxylic acid groups (broad SMARTS) is 1. The molecule has 0 unspecified atom stereocenters. The van der Waals surface area contributed by atoms with Crippen LogP contribution in [0.2, 0.25) is 0 Å². The maximum atomic E-state index is 12.3. The number of hydrazine groups is 1. The standard InChI is InChI=1S/C22H27N3O4S/c1-22(2)6-5-17-14(9-22)19(21(27)28)20(30-17)13-8-16-15(7-12(13)10-24(3)23)25(4)18(26)11-29-16/h7-8H,5-6,9-11,23H2,1-4H3,(H,27,28). The first-order valence-corrected chi connectivity index (χ1v) is 10.8. The van der Waals surface area contributed by atoms with Gasteiger partial charge in [-0.05, 0) is 47.9 Å². The van der Waals surface area contributed by atoms with Crippen molar-refractivity contribution in [3.05, 3.63) is 33.7 Å². The van der Waals surface area contributed by atoms with E-state index in [1.807, 2.05) is 12.1 Å². The summed E-state index contributed by atoms with van der Waals surface area (Å²) in [6, 6.07) is 3.76. The van der Waals surface area contributed by atoms with E-state index in [1.165, 1.54) is 0 Å². The topological polar surface area (TPSA) is 96.1 Å². The molecule has 1 aromatic heterocycles. The van der Waals surface area contributed by atoms with Gasteiger partial charge >= 0.3 is 5.97 Å². The number of hydrogen-bond acceptors (Lipinski definition) is 6. The molecule has 0 fully saturated rings. The van der Waals surface area contributed by atoms with Crippen molar-refractivity contribution in [1.29, 1.82) is 0 Å². The molecular formula is C22H27N3O4S. The van der Waals surface area contributed by atoms with Gasteiger partial charge in [0.1, 0.15) is 5.75 Å². The SMILES string of the molecule is CN(N)Cc1cc2c(cc1-c1sc3c(c1C(=O)O)CC(C)(C)CC3)OCC(=O)N2C. The molecule has 3 N–H and O–H groups in total. The third kappa shape index (κ3) is 3.59. The number of aryl methyl sites for hydroxylation is 1. The highest BCUT2D eigenvalue weighted by atomic mass is 32.1. The number of aromatic carboxylic acids is 1. The van der Waals surface area contributed by atoms with Crippen molar-refractivity contribution < 1.29 is 19.4 Å². The van der Waals surface area contributed by atoms with Gasteiger partial charge in [-0.3, -0.25) is 10.6 Å². The van der Waals surface area contributed by atoms with Gasteiger partial charge in [0.05, 0.1) is 11.3 Å². The molecular weight excluding hydrogens is 402 g/mol. The molecule has 0 saturated carbocycles. The van der Waals surface area contributed by atoms with Crippen LogP contribution in [0.3, 0.4) is 0 Å². The number of hydrogen-bond donors (Lipinski definition) is 2. The zero-order chi connectivity index (χ0) is 21.8. The molecule has 2 heterocycles. The summed E-state index contributed by atoms with van der Waals surface area (Å²) in [5, 5.41) is 11.7. The first kappa shape index (κ1) is 20.8. The number of benzene rings is 1. The van der Waals surface area contributed by atoms with E-state index < -0.39 is 5.97 Å². The number of nitrogens with zero attached hydrogens (tertiary/aromatic N) is 2. The Kier molecular flexibility index (Phi) is 5.12. The molecule has 0 spiro atoms. The Morgan fingerprint density at radius 2 is 2.13 bits per heavy atom. The maximum Gasteiger partial charge on any atom is 0.337 e. The van der Waals surface area contributed by atoms with E-state index >= 15 is 0 Å². The molecule has 30 heavy (non-hydrogen) atoms. The second-order valence-electron chi connectivity index (χ2n) is 8.99. The zero-order valence-electron chi connectivity index (χ0n) is 17.7. The summed E-state index contributed by atoms with van der Waals surface area (Å²) in [6.07, 6.45) is 2.68. The lowest BCUT2D eigenvalue weighted by atomic mass is 9.76. The van der Waals surface area contributed by atoms with E-state index in [9.17, 15) is 14.7 Å². The quantitative estimate of drug-likeness (QED) is 0.572. The number of thiophene rings is 1. The molecule has 0 saturated heterocycles. The lowest BCUT2D eigenvalue weighted by Crippen LogP contribution is -2.35. The van der Waals surface area contributed by atoms with Crippen LogP contribution in [-0.4, -0.2) is 42.7 Å². The number of amides is 1. The second kappa shape index (κ2) is 7.37. The van der Waals surface area contributed by atoms with Crippen molar-refractivity contribution in [3.8, 4) is 16.2 Å². The molecule has 1 amide bonds. The van der Waals surface area contributed by atoms with Crippen LogP contribution in [0.15, 0.2) is 12.1 Å². The van der Waals surface area contributed by atoms with Gasteiger partial charge in [-0.15, -0.1) is 11.3 Å². The zero-order valence-corrected chi connectivity index (χ0v) is 18.6. The average molecular weight is 430 g/mol. The molecule has 1 aromatic carbocycles. The Hall–Kier alpha value is -2.42. The third-order valence-electron chi connectivity index (χ3n) is 5.92. The molecule has 2 aliphatic rings. The number of carbonyl (C=O) groups excluding carboxylic acids is 1. The minimum atomic E-state index is -0.904. The van der Waals surface area contributed by atoms with Gasteiger partial charge in [0.2, 0.25) is 0 Å². The highest BCUT2D eigenvalue weighted by Crippen LogP contribution is 2.48. The molecule has 4 rings (SSSR count). The number of carboxylic acids is 1. The Morgan fingerprint density at radius 3 is 2.80 bits per heavy atom. The van der Waals surface area contributed by atoms with Gasteiger partial charge < -0.3 is 14.7 Å². The number of ether oxygens (including phenoxy) is 1. The first-order chi connectivity index (χ1) is 14.1. The molecule has 0 bridgehead atoms. The van der Waals surface area contributed by atoms with Crippen molar-refractivity contribution in [2.24, 2.45) is 11.3 Å². The van der Waals surface area contributed by atoms with Gasteiger partial charge in [-0.1, -0.05) is 13.8 Å². The highest BCUT2D eigenvalue weighted by Gasteiger charge is 2.34. The summed E-state index contributed by atoms with van der Waals surface area (Å²) in [4.78, 5) is 27.9. The van der Waals surface area contributed by atoms with E-state index in [-0.39, 0.29) is 17.9 Å². The molecule has 8 heteroatoms. The van der Waals surface area contributed by atoms with E-state index in [2.05, 4.69) is 13.8 Å². The molecule has 0 radical (unpaired) electrons. The Balaban J connectivity index is 1.93. The third-order valence-corrected chi connectivity index (χ3v) is 7.25. The van der Waals surface area contributed by atoms with Crippen molar-refractivity contribution in [3.63, 3.8) is 0 Å². The van der Waals surface area contributed by atoms with Crippen LogP contribution in [0.25, 0.3) is 10.4 Å². The maximum absolute atomic E-state index is 12.3. The number of likely N-dealkylation sites (N-methyl/N-ethyl adjacent to an activating group) is 1. The monoisotopic (exact) mass is 429 g/mol. The van der Waals surface area contributed by atoms with Gasteiger partial charge in [-0.25, -0.2) is 9.80 Å². The molecule has 7 nitrogen and oxygen atoms in total. The summed E-state index contributed by atoms with van der Waals surface area (Å²) in [7, 11) is 3.47. The fourth-order valence-corrected chi connectivity index (χ4v) is 5.67. The van der Waals surface area contributed by atoms with Crippen LogP contribution in [0.5, 0.6) is 5.75 Å². The van der Waals surface area contributed by atoms with Crippen LogP contribution in [-0.2, 0) is 24.2 Å². The van der Waals surface area contributed by atoms with Crippen molar-refractivity contribution in [2.75, 3.05) is 25.6 Å². The Labute approximate surface area is 180 Å². The predicted octanol–water partition coefficient (Wildman–Crippen LogP) is 3.29. The summed E-state index contributed by atoms with van der Waals surface area (Å²) in [5.41, 5.74) is 3.78. The number of fused-ring (bicyclic) bond motifs is 2. The summed E-state index contributed by atoms with van der Waals surface area (Å²) < 4.78 is 5.68. The summed E-state index contributed by atoms with van der Waals surface area (Å²) in [5.74, 6) is 5.50. The van der Waals surface area contributed by atoms with E-state index in [4.69, 9.17) is 10.6 Å². The highest BCUT2D eigenvalue weighted by molar-refractivity contribution is 7.16. The smallest absolute Gasteiger partial charge is 0.337 e. The van der Waals surface area contributed by atoms with Gasteiger partial charge in [0.25, 0.3) is 5.91 Å². The average Bonchev–Trinajstić information content (AvgIpc) is 3.01. The summed E-state index contributed by atoms with van der Waals surface area (Å²) in [6.45, 7) is 4.76. The van der Waals surface area contributed by atoms with Crippen molar-refractivity contribution >= 4 is 28.9 Å². The largest absolute Gasteiger partial charge is 0.482 e. The minimum absolute atomic E-state index is 0.0278. The van der Waals surface area contributed by atoms with E-state index in [1.54, 1.807) is 35.3 Å². The van der Waals surface area contributed by atoms with Crippen LogP contribution >= 0.6 is 11.3 Å². The Bertz CT molecular complexity index is 1040. The van der Waals surface area contributed by atoms with Gasteiger partial charge in [0, 0.05) is 36.0 Å². The number of rotatable bonds is 4. The lowest BCUT2D eigenvalue weighted by molar-refractivity contribution is -0.120. The normalized spacial score (nSPS) is 17.5.